The van der Waals surface area contributed by atoms with E-state index in [1.54, 1.807) is 17.0 Å². The molecule has 2 aromatic rings. The van der Waals surface area contributed by atoms with Crippen LogP contribution < -0.4 is 9.62 Å². The zero-order valence-electron chi connectivity index (χ0n) is 16.6. The normalized spacial score (nSPS) is 11.6. The molecule has 1 amide bonds. The van der Waals surface area contributed by atoms with Crippen LogP contribution in [0.5, 0.6) is 0 Å². The number of anilines is 1. The number of nitrogens with one attached hydrogen (secondary N) is 1. The van der Waals surface area contributed by atoms with Crippen molar-refractivity contribution in [2.24, 2.45) is 0 Å². The van der Waals surface area contributed by atoms with Gasteiger partial charge in [0.05, 0.1) is 4.90 Å². The molecule has 0 spiro atoms. The minimum Gasteiger partial charge on any atom is -0.311 e. The Morgan fingerprint density at radius 1 is 1.07 bits per heavy atom. The fourth-order valence-corrected chi connectivity index (χ4v) is 3.90. The summed E-state index contributed by atoms with van der Waals surface area (Å²) in [5.41, 5.74) is 4.00. The second-order valence-electron chi connectivity index (χ2n) is 7.01. The van der Waals surface area contributed by atoms with Crippen LogP contribution in [0.2, 0.25) is 0 Å². The average Bonchev–Trinajstić information content (AvgIpc) is 2.61. The SMILES string of the molecule is CC(=O)N(CCNS(=O)(=O)c1ccc(C(C)C)cc1)c1cccc(C)c1C. The second-order valence-corrected chi connectivity index (χ2v) is 8.78. The monoisotopic (exact) mass is 388 g/mol. The molecule has 0 fully saturated rings. The highest BCUT2D eigenvalue weighted by atomic mass is 32.2. The Hall–Kier alpha value is -2.18. The molecule has 0 atom stereocenters. The fraction of sp³-hybridized carbons (Fsp3) is 0.381. The summed E-state index contributed by atoms with van der Waals surface area (Å²) in [5.74, 6) is 0.223. The lowest BCUT2D eigenvalue weighted by Crippen LogP contribution is -2.38. The van der Waals surface area contributed by atoms with Crippen LogP contribution in [-0.2, 0) is 14.8 Å². The van der Waals surface area contributed by atoms with Gasteiger partial charge >= 0.3 is 0 Å². The molecule has 0 aliphatic heterocycles. The largest absolute Gasteiger partial charge is 0.311 e. The standard InChI is InChI=1S/C21H28N2O3S/c1-15(2)19-9-11-20(12-10-19)27(25,26)22-13-14-23(18(5)24)21-8-6-7-16(3)17(21)4/h6-12,15,22H,13-14H2,1-5H3. The molecule has 2 rings (SSSR count). The van der Waals surface area contributed by atoms with E-state index in [1.807, 2.05) is 44.2 Å². The summed E-state index contributed by atoms with van der Waals surface area (Å²) < 4.78 is 27.6. The van der Waals surface area contributed by atoms with Crippen LogP contribution in [0.1, 0.15) is 43.4 Å². The maximum atomic E-state index is 12.5. The van der Waals surface area contributed by atoms with Crippen LogP contribution in [0.3, 0.4) is 0 Å². The predicted octanol–water partition coefficient (Wildman–Crippen LogP) is 3.76. The van der Waals surface area contributed by atoms with Gasteiger partial charge in [-0.2, -0.15) is 0 Å². The fourth-order valence-electron chi connectivity index (χ4n) is 2.88. The Bertz CT molecular complexity index is 904. The van der Waals surface area contributed by atoms with Crippen molar-refractivity contribution in [3.63, 3.8) is 0 Å². The average molecular weight is 389 g/mol. The first kappa shape index (κ1) is 21.1. The molecule has 0 radical (unpaired) electrons. The number of benzene rings is 2. The Balaban J connectivity index is 2.10. The Morgan fingerprint density at radius 3 is 2.26 bits per heavy atom. The summed E-state index contributed by atoms with van der Waals surface area (Å²) in [7, 11) is -3.61. The number of hydrogen-bond acceptors (Lipinski definition) is 3. The minimum atomic E-state index is -3.61. The molecule has 0 saturated carbocycles. The summed E-state index contributed by atoms with van der Waals surface area (Å²) in [5, 5.41) is 0. The van der Waals surface area contributed by atoms with Crippen LogP contribution in [0.15, 0.2) is 47.4 Å². The summed E-state index contributed by atoms with van der Waals surface area (Å²) in [4.78, 5) is 13.9. The Kier molecular flexibility index (Phi) is 6.78. The molecule has 0 saturated heterocycles. The van der Waals surface area contributed by atoms with Crippen LogP contribution >= 0.6 is 0 Å². The van der Waals surface area contributed by atoms with Crippen molar-refractivity contribution >= 4 is 21.6 Å². The van der Waals surface area contributed by atoms with Gasteiger partial charge in [-0.1, -0.05) is 38.1 Å². The van der Waals surface area contributed by atoms with Crippen molar-refractivity contribution in [2.45, 2.75) is 45.4 Å². The van der Waals surface area contributed by atoms with Crippen LogP contribution in [0.4, 0.5) is 5.69 Å². The molecule has 0 unspecified atom stereocenters. The summed E-state index contributed by atoms with van der Waals surface area (Å²) in [6.45, 7) is 9.96. The van der Waals surface area contributed by atoms with Crippen LogP contribution in [0.25, 0.3) is 0 Å². The quantitative estimate of drug-likeness (QED) is 0.785. The highest BCUT2D eigenvalue weighted by molar-refractivity contribution is 7.89. The molecule has 0 heterocycles. The number of hydrogen-bond donors (Lipinski definition) is 1. The topological polar surface area (TPSA) is 66.5 Å². The molecule has 0 bridgehead atoms. The first-order valence-electron chi connectivity index (χ1n) is 9.07. The van der Waals surface area contributed by atoms with Gasteiger partial charge in [-0.15, -0.1) is 0 Å². The third-order valence-electron chi connectivity index (χ3n) is 4.73. The number of amides is 1. The number of sulfonamides is 1. The first-order valence-corrected chi connectivity index (χ1v) is 10.6. The van der Waals surface area contributed by atoms with E-state index in [0.717, 1.165) is 22.4 Å². The first-order chi connectivity index (χ1) is 12.6. The summed E-state index contributed by atoms with van der Waals surface area (Å²) >= 11 is 0. The van der Waals surface area contributed by atoms with Crippen molar-refractivity contribution in [1.29, 1.82) is 0 Å². The molecule has 146 valence electrons. The van der Waals surface area contributed by atoms with Gasteiger partial charge in [0, 0.05) is 25.7 Å². The lowest BCUT2D eigenvalue weighted by Gasteiger charge is -2.24. The smallest absolute Gasteiger partial charge is 0.240 e. The number of rotatable bonds is 7. The van der Waals surface area contributed by atoms with E-state index in [4.69, 9.17) is 0 Å². The van der Waals surface area contributed by atoms with E-state index in [0.29, 0.717) is 5.92 Å². The van der Waals surface area contributed by atoms with E-state index in [2.05, 4.69) is 18.6 Å². The van der Waals surface area contributed by atoms with Gasteiger partial charge < -0.3 is 4.90 Å². The van der Waals surface area contributed by atoms with E-state index >= 15 is 0 Å². The van der Waals surface area contributed by atoms with E-state index in [1.165, 1.54) is 6.92 Å². The zero-order valence-corrected chi connectivity index (χ0v) is 17.4. The van der Waals surface area contributed by atoms with Crippen molar-refractivity contribution in [3.8, 4) is 0 Å². The van der Waals surface area contributed by atoms with Gasteiger partial charge in [0.1, 0.15) is 0 Å². The van der Waals surface area contributed by atoms with Crippen molar-refractivity contribution < 1.29 is 13.2 Å². The molecule has 0 aliphatic carbocycles. The lowest BCUT2D eigenvalue weighted by atomic mass is 10.0. The molecule has 27 heavy (non-hydrogen) atoms. The number of carbonyl (C=O) groups is 1. The molecular weight excluding hydrogens is 360 g/mol. The van der Waals surface area contributed by atoms with Crippen LogP contribution in [0, 0.1) is 13.8 Å². The number of carbonyl (C=O) groups excluding carboxylic acids is 1. The summed E-state index contributed by atoms with van der Waals surface area (Å²) in [6, 6.07) is 12.7. The van der Waals surface area contributed by atoms with Gasteiger partial charge in [0.15, 0.2) is 0 Å². The second kappa shape index (κ2) is 8.67. The van der Waals surface area contributed by atoms with Gasteiger partial charge in [-0.3, -0.25) is 4.79 Å². The molecule has 2 aromatic carbocycles. The molecule has 0 aliphatic rings. The highest BCUT2D eigenvalue weighted by Crippen LogP contribution is 2.23. The van der Waals surface area contributed by atoms with Crippen LogP contribution in [-0.4, -0.2) is 27.4 Å². The van der Waals surface area contributed by atoms with Gasteiger partial charge in [0.2, 0.25) is 15.9 Å². The van der Waals surface area contributed by atoms with E-state index in [-0.39, 0.29) is 23.9 Å². The molecule has 6 heteroatoms. The van der Waals surface area contributed by atoms with Crippen molar-refractivity contribution in [3.05, 3.63) is 59.2 Å². The number of nitrogens with zero attached hydrogens (tertiary/aromatic N) is 1. The van der Waals surface area contributed by atoms with Crippen molar-refractivity contribution in [1.82, 2.24) is 4.72 Å². The predicted molar refractivity (Wildman–Crippen MR) is 110 cm³/mol. The Morgan fingerprint density at radius 2 is 1.70 bits per heavy atom. The molecule has 1 N–H and O–H groups in total. The summed E-state index contributed by atoms with van der Waals surface area (Å²) in [6.07, 6.45) is 0. The lowest BCUT2D eigenvalue weighted by molar-refractivity contribution is -0.116. The molecular formula is C21H28N2O3S. The highest BCUT2D eigenvalue weighted by Gasteiger charge is 2.18. The van der Waals surface area contributed by atoms with E-state index in [9.17, 15) is 13.2 Å². The Labute approximate surface area is 162 Å². The van der Waals surface area contributed by atoms with Gasteiger partial charge in [-0.25, -0.2) is 13.1 Å². The van der Waals surface area contributed by atoms with Gasteiger partial charge in [-0.05, 0) is 54.7 Å². The van der Waals surface area contributed by atoms with Gasteiger partial charge in [0.25, 0.3) is 0 Å². The molecule has 0 aromatic heterocycles. The maximum absolute atomic E-state index is 12.5. The minimum absolute atomic E-state index is 0.121. The maximum Gasteiger partial charge on any atom is 0.240 e. The molecule has 5 nitrogen and oxygen atoms in total. The van der Waals surface area contributed by atoms with Crippen molar-refractivity contribution in [2.75, 3.05) is 18.0 Å². The third kappa shape index (κ3) is 5.17. The third-order valence-corrected chi connectivity index (χ3v) is 6.21. The zero-order chi connectivity index (χ0) is 20.2. The van der Waals surface area contributed by atoms with E-state index < -0.39 is 10.0 Å². The number of aryl methyl sites for hydroxylation is 1.